The highest BCUT2D eigenvalue weighted by Gasteiger charge is 2.36. The van der Waals surface area contributed by atoms with Crippen molar-refractivity contribution in [3.8, 4) is 11.5 Å². The molecular formula is C18H21NO6S. The van der Waals surface area contributed by atoms with Crippen molar-refractivity contribution < 1.29 is 28.6 Å². The first kappa shape index (κ1) is 19.8. The van der Waals surface area contributed by atoms with E-state index in [1.807, 2.05) is 20.8 Å². The number of hydrogen-bond acceptors (Lipinski definition) is 7. The Balaban J connectivity index is 2.26. The van der Waals surface area contributed by atoms with Gasteiger partial charge in [0.15, 0.2) is 11.5 Å². The van der Waals surface area contributed by atoms with Gasteiger partial charge in [0.1, 0.15) is 6.54 Å². The molecule has 0 atom stereocenters. The molecule has 0 radical (unpaired) electrons. The number of methoxy groups -OCH3 is 1. The second-order valence-corrected chi connectivity index (χ2v) is 6.64. The normalized spacial score (nSPS) is 15.7. The first-order valence-electron chi connectivity index (χ1n) is 8.11. The van der Waals surface area contributed by atoms with Crippen LogP contribution in [0, 0.1) is 0 Å². The second-order valence-electron chi connectivity index (χ2n) is 5.65. The predicted octanol–water partition coefficient (Wildman–Crippen LogP) is 3.08. The SMILES string of the molecule is CCOc1cc(/C=C2\SC(=O)N(CC(=O)OC)C2=O)ccc1OC(C)C. The zero-order valence-electron chi connectivity index (χ0n) is 15.1. The number of benzene rings is 1. The van der Waals surface area contributed by atoms with Crippen molar-refractivity contribution in [2.75, 3.05) is 20.3 Å². The van der Waals surface area contributed by atoms with E-state index < -0.39 is 23.7 Å². The molecule has 1 aliphatic heterocycles. The molecule has 2 amide bonds. The molecule has 1 heterocycles. The summed E-state index contributed by atoms with van der Waals surface area (Å²) in [5.41, 5.74) is 0.688. The van der Waals surface area contributed by atoms with Crippen LogP contribution in [-0.4, -0.2) is 48.4 Å². The molecule has 7 nitrogen and oxygen atoms in total. The van der Waals surface area contributed by atoms with Crippen molar-refractivity contribution in [1.29, 1.82) is 0 Å². The van der Waals surface area contributed by atoms with Crippen molar-refractivity contribution in [2.24, 2.45) is 0 Å². The number of carbonyl (C=O) groups is 3. The van der Waals surface area contributed by atoms with E-state index in [-0.39, 0.29) is 11.0 Å². The lowest BCUT2D eigenvalue weighted by molar-refractivity contribution is -0.143. The third kappa shape index (κ3) is 4.78. The quantitative estimate of drug-likeness (QED) is 0.532. The Morgan fingerprint density at radius 1 is 1.27 bits per heavy atom. The summed E-state index contributed by atoms with van der Waals surface area (Å²) in [4.78, 5) is 36.7. The van der Waals surface area contributed by atoms with Gasteiger partial charge in [0, 0.05) is 0 Å². The van der Waals surface area contributed by atoms with Crippen LogP contribution in [0.3, 0.4) is 0 Å². The largest absolute Gasteiger partial charge is 0.490 e. The number of thioether (sulfide) groups is 1. The van der Waals surface area contributed by atoms with Crippen LogP contribution < -0.4 is 9.47 Å². The zero-order chi connectivity index (χ0) is 19.3. The molecule has 0 aliphatic carbocycles. The van der Waals surface area contributed by atoms with E-state index in [2.05, 4.69) is 4.74 Å². The lowest BCUT2D eigenvalue weighted by Crippen LogP contribution is -2.34. The summed E-state index contributed by atoms with van der Waals surface area (Å²) in [5, 5.41) is -0.503. The van der Waals surface area contributed by atoms with Crippen LogP contribution in [0.5, 0.6) is 11.5 Å². The lowest BCUT2D eigenvalue weighted by Gasteiger charge is -2.15. The van der Waals surface area contributed by atoms with Crippen LogP contribution in [0.1, 0.15) is 26.3 Å². The molecule has 0 N–H and O–H groups in total. The number of imide groups is 1. The molecule has 0 bridgehead atoms. The van der Waals surface area contributed by atoms with Crippen molar-refractivity contribution in [1.82, 2.24) is 4.90 Å². The van der Waals surface area contributed by atoms with E-state index in [0.29, 0.717) is 23.7 Å². The van der Waals surface area contributed by atoms with Gasteiger partial charge in [-0.3, -0.25) is 19.3 Å². The third-order valence-corrected chi connectivity index (χ3v) is 4.22. The van der Waals surface area contributed by atoms with Gasteiger partial charge >= 0.3 is 5.97 Å². The molecule has 1 aliphatic rings. The van der Waals surface area contributed by atoms with E-state index >= 15 is 0 Å². The Labute approximate surface area is 156 Å². The molecule has 0 spiro atoms. The summed E-state index contributed by atoms with van der Waals surface area (Å²) in [6, 6.07) is 5.28. The molecule has 1 saturated heterocycles. The average molecular weight is 379 g/mol. The van der Waals surface area contributed by atoms with Crippen LogP contribution >= 0.6 is 11.8 Å². The molecule has 1 aromatic carbocycles. The number of amides is 2. The predicted molar refractivity (Wildman–Crippen MR) is 98.1 cm³/mol. The van der Waals surface area contributed by atoms with Crippen LogP contribution in [0.4, 0.5) is 4.79 Å². The van der Waals surface area contributed by atoms with E-state index in [1.54, 1.807) is 24.3 Å². The van der Waals surface area contributed by atoms with E-state index in [9.17, 15) is 14.4 Å². The van der Waals surface area contributed by atoms with Gasteiger partial charge < -0.3 is 14.2 Å². The summed E-state index contributed by atoms with van der Waals surface area (Å²) in [6.45, 7) is 5.77. The summed E-state index contributed by atoms with van der Waals surface area (Å²) in [6.07, 6.45) is 1.58. The summed E-state index contributed by atoms with van der Waals surface area (Å²) in [7, 11) is 1.20. The maximum atomic E-state index is 12.3. The van der Waals surface area contributed by atoms with Gasteiger partial charge in [0.2, 0.25) is 0 Å². The second kappa shape index (κ2) is 8.75. The van der Waals surface area contributed by atoms with E-state index in [0.717, 1.165) is 16.7 Å². The minimum Gasteiger partial charge on any atom is -0.490 e. The molecule has 1 fully saturated rings. The molecular weight excluding hydrogens is 358 g/mol. The van der Waals surface area contributed by atoms with Crippen LogP contribution in [-0.2, 0) is 14.3 Å². The Bertz CT molecular complexity index is 743. The molecule has 0 aromatic heterocycles. The van der Waals surface area contributed by atoms with Gasteiger partial charge in [0.05, 0.1) is 24.7 Å². The van der Waals surface area contributed by atoms with Gasteiger partial charge in [-0.15, -0.1) is 0 Å². The number of rotatable bonds is 7. The molecule has 0 saturated carbocycles. The summed E-state index contributed by atoms with van der Waals surface area (Å²) >= 11 is 0.782. The Morgan fingerprint density at radius 3 is 2.62 bits per heavy atom. The van der Waals surface area contributed by atoms with Gasteiger partial charge in [-0.05, 0) is 56.3 Å². The topological polar surface area (TPSA) is 82.1 Å². The minimum absolute atomic E-state index is 0.00474. The lowest BCUT2D eigenvalue weighted by atomic mass is 10.2. The third-order valence-electron chi connectivity index (χ3n) is 3.32. The minimum atomic E-state index is -0.651. The van der Waals surface area contributed by atoms with Crippen molar-refractivity contribution in [2.45, 2.75) is 26.9 Å². The van der Waals surface area contributed by atoms with Gasteiger partial charge in [-0.25, -0.2) is 0 Å². The first-order valence-corrected chi connectivity index (χ1v) is 8.93. The average Bonchev–Trinajstić information content (AvgIpc) is 2.84. The Morgan fingerprint density at radius 2 is 2.00 bits per heavy atom. The number of ether oxygens (including phenoxy) is 3. The maximum absolute atomic E-state index is 12.3. The highest BCUT2D eigenvalue weighted by atomic mass is 32.2. The van der Waals surface area contributed by atoms with Crippen molar-refractivity contribution >= 4 is 35.0 Å². The highest BCUT2D eigenvalue weighted by Crippen LogP contribution is 2.34. The monoisotopic (exact) mass is 379 g/mol. The first-order chi connectivity index (χ1) is 12.3. The fourth-order valence-electron chi connectivity index (χ4n) is 2.22. The number of nitrogens with zero attached hydrogens (tertiary/aromatic N) is 1. The van der Waals surface area contributed by atoms with Crippen LogP contribution in [0.2, 0.25) is 0 Å². The van der Waals surface area contributed by atoms with Crippen LogP contribution in [0.25, 0.3) is 6.08 Å². The number of hydrogen-bond donors (Lipinski definition) is 0. The molecule has 26 heavy (non-hydrogen) atoms. The molecule has 1 aromatic rings. The van der Waals surface area contributed by atoms with Gasteiger partial charge in [-0.2, -0.15) is 0 Å². The number of carbonyl (C=O) groups excluding carboxylic acids is 3. The van der Waals surface area contributed by atoms with Crippen LogP contribution in [0.15, 0.2) is 23.1 Å². The smallest absolute Gasteiger partial charge is 0.325 e. The number of esters is 1. The molecule has 140 valence electrons. The maximum Gasteiger partial charge on any atom is 0.325 e. The van der Waals surface area contributed by atoms with E-state index in [4.69, 9.17) is 9.47 Å². The molecule has 8 heteroatoms. The fraction of sp³-hybridized carbons (Fsp3) is 0.389. The Hall–Kier alpha value is -2.48. The van der Waals surface area contributed by atoms with Gasteiger partial charge in [-0.1, -0.05) is 6.07 Å². The molecule has 2 rings (SSSR count). The fourth-order valence-corrected chi connectivity index (χ4v) is 3.05. The highest BCUT2D eigenvalue weighted by molar-refractivity contribution is 8.18. The van der Waals surface area contributed by atoms with Gasteiger partial charge in [0.25, 0.3) is 11.1 Å². The van der Waals surface area contributed by atoms with Crippen molar-refractivity contribution in [3.05, 3.63) is 28.7 Å². The Kier molecular flexibility index (Phi) is 6.68. The summed E-state index contributed by atoms with van der Waals surface area (Å²) in [5.74, 6) is -0.00484. The van der Waals surface area contributed by atoms with E-state index in [1.165, 1.54) is 7.11 Å². The summed E-state index contributed by atoms with van der Waals surface area (Å²) < 4.78 is 15.8. The zero-order valence-corrected chi connectivity index (χ0v) is 15.9. The standard InChI is InChI=1S/C18H21NO6S/c1-5-24-14-8-12(6-7-13(14)25-11(2)3)9-15-17(21)19(18(22)26-15)10-16(20)23-4/h6-9,11H,5,10H2,1-4H3/b15-9-. The molecule has 0 unspecified atom stereocenters. The van der Waals surface area contributed by atoms with Crippen molar-refractivity contribution in [3.63, 3.8) is 0 Å².